The third-order valence-corrected chi connectivity index (χ3v) is 4.40. The number of rotatable bonds is 8. The molecule has 0 spiro atoms. The second-order valence-corrected chi connectivity index (χ2v) is 7.86. The van der Waals surface area contributed by atoms with Gasteiger partial charge in [-0.15, -0.1) is 0 Å². The van der Waals surface area contributed by atoms with Crippen molar-refractivity contribution in [1.29, 1.82) is 0 Å². The van der Waals surface area contributed by atoms with Gasteiger partial charge in [0, 0.05) is 17.7 Å². The van der Waals surface area contributed by atoms with E-state index in [4.69, 9.17) is 4.74 Å². The summed E-state index contributed by atoms with van der Waals surface area (Å²) in [4.78, 5) is 24.4. The molecule has 0 atom stereocenters. The van der Waals surface area contributed by atoms with E-state index in [1.54, 1.807) is 48.5 Å². The standard InChI is InChI=1S/C23H28O5/c1-6-28-19(15-7-11-17(12-8-15)20(24)22(2,3)26)16-9-13-18(14-10-16)21(25)23(4,5)27/h7-14,19,26-27H,6H2,1-5H3. The number of hydrogen-bond acceptors (Lipinski definition) is 5. The minimum absolute atomic E-state index is 0.346. The molecule has 0 radical (unpaired) electrons. The SMILES string of the molecule is CCOC(c1ccc(C(=O)C(C)(C)O)cc1)c1ccc(C(=O)C(C)(C)O)cc1. The van der Waals surface area contributed by atoms with Crippen molar-refractivity contribution in [2.75, 3.05) is 6.61 Å². The maximum atomic E-state index is 12.2. The van der Waals surface area contributed by atoms with Crippen LogP contribution in [0.15, 0.2) is 48.5 Å². The molecule has 0 aliphatic heterocycles. The van der Waals surface area contributed by atoms with Gasteiger partial charge in [0.15, 0.2) is 11.6 Å². The lowest BCUT2D eigenvalue weighted by atomic mass is 9.92. The zero-order valence-corrected chi connectivity index (χ0v) is 17.0. The molecule has 0 saturated heterocycles. The third-order valence-electron chi connectivity index (χ3n) is 4.40. The van der Waals surface area contributed by atoms with E-state index in [1.807, 2.05) is 6.92 Å². The maximum absolute atomic E-state index is 12.2. The zero-order valence-electron chi connectivity index (χ0n) is 17.0. The summed E-state index contributed by atoms with van der Waals surface area (Å²) in [5, 5.41) is 19.8. The Morgan fingerprint density at radius 3 is 1.36 bits per heavy atom. The Kier molecular flexibility index (Phi) is 6.55. The Bertz CT molecular complexity index is 752. The summed E-state index contributed by atoms with van der Waals surface area (Å²) in [5.41, 5.74) is -0.283. The number of aliphatic hydroxyl groups is 2. The first-order valence-electron chi connectivity index (χ1n) is 9.31. The summed E-state index contributed by atoms with van der Waals surface area (Å²) in [6.45, 7) is 8.22. The summed E-state index contributed by atoms with van der Waals surface area (Å²) in [7, 11) is 0. The van der Waals surface area contributed by atoms with Gasteiger partial charge < -0.3 is 14.9 Å². The van der Waals surface area contributed by atoms with Gasteiger partial charge in [0.1, 0.15) is 17.3 Å². The lowest BCUT2D eigenvalue weighted by Gasteiger charge is -2.20. The van der Waals surface area contributed by atoms with Crippen LogP contribution in [0, 0.1) is 0 Å². The highest BCUT2D eigenvalue weighted by Gasteiger charge is 2.27. The van der Waals surface area contributed by atoms with Crippen molar-refractivity contribution < 1.29 is 24.5 Å². The molecular formula is C23H28O5. The van der Waals surface area contributed by atoms with Crippen molar-refractivity contribution in [3.8, 4) is 0 Å². The van der Waals surface area contributed by atoms with E-state index >= 15 is 0 Å². The van der Waals surface area contributed by atoms with Crippen molar-refractivity contribution in [2.24, 2.45) is 0 Å². The number of carbonyl (C=O) groups excluding carboxylic acids is 2. The summed E-state index contributed by atoms with van der Waals surface area (Å²) in [6.07, 6.45) is -0.359. The molecule has 2 aromatic carbocycles. The number of hydrogen-bond donors (Lipinski definition) is 2. The van der Waals surface area contributed by atoms with E-state index in [2.05, 4.69) is 0 Å². The van der Waals surface area contributed by atoms with Crippen molar-refractivity contribution in [1.82, 2.24) is 0 Å². The highest BCUT2D eigenvalue weighted by molar-refractivity contribution is 6.02. The summed E-state index contributed by atoms with van der Waals surface area (Å²) in [6, 6.07) is 13.9. The molecule has 0 aromatic heterocycles. The minimum Gasteiger partial charge on any atom is -0.382 e. The normalized spacial score (nSPS) is 12.3. The first kappa shape index (κ1) is 22.0. The van der Waals surface area contributed by atoms with Gasteiger partial charge >= 0.3 is 0 Å². The fourth-order valence-corrected chi connectivity index (χ4v) is 2.88. The van der Waals surface area contributed by atoms with Crippen LogP contribution in [0.5, 0.6) is 0 Å². The number of benzene rings is 2. The maximum Gasteiger partial charge on any atom is 0.193 e. The predicted molar refractivity (Wildman–Crippen MR) is 108 cm³/mol. The van der Waals surface area contributed by atoms with Gasteiger partial charge in [-0.25, -0.2) is 0 Å². The first-order valence-corrected chi connectivity index (χ1v) is 9.31. The number of Topliss-reactive ketones (excluding diaryl/α,β-unsaturated/α-hetero) is 2. The van der Waals surface area contributed by atoms with Gasteiger partial charge in [-0.2, -0.15) is 0 Å². The van der Waals surface area contributed by atoms with Crippen LogP contribution in [0.1, 0.15) is 72.6 Å². The van der Waals surface area contributed by atoms with Crippen LogP contribution in [-0.2, 0) is 4.74 Å². The van der Waals surface area contributed by atoms with Crippen LogP contribution in [0.3, 0.4) is 0 Å². The molecule has 0 bridgehead atoms. The van der Waals surface area contributed by atoms with Gasteiger partial charge in [-0.3, -0.25) is 9.59 Å². The molecular weight excluding hydrogens is 356 g/mol. The van der Waals surface area contributed by atoms with E-state index in [0.29, 0.717) is 17.7 Å². The molecule has 0 aliphatic rings. The fourth-order valence-electron chi connectivity index (χ4n) is 2.88. The van der Waals surface area contributed by atoms with Gasteiger partial charge in [-0.1, -0.05) is 48.5 Å². The molecule has 150 valence electrons. The third kappa shape index (κ3) is 5.13. The van der Waals surface area contributed by atoms with E-state index in [1.165, 1.54) is 27.7 Å². The predicted octanol–water partition coefficient (Wildman–Crippen LogP) is 3.72. The van der Waals surface area contributed by atoms with Crippen LogP contribution >= 0.6 is 0 Å². The van der Waals surface area contributed by atoms with Crippen LogP contribution in [0.2, 0.25) is 0 Å². The molecule has 5 heteroatoms. The molecule has 0 heterocycles. The highest BCUT2D eigenvalue weighted by Crippen LogP contribution is 2.28. The van der Waals surface area contributed by atoms with Crippen molar-refractivity contribution in [3.63, 3.8) is 0 Å². The largest absolute Gasteiger partial charge is 0.382 e. The van der Waals surface area contributed by atoms with Gasteiger partial charge in [-0.05, 0) is 45.7 Å². The number of ketones is 2. The second kappa shape index (κ2) is 8.35. The lowest BCUT2D eigenvalue weighted by molar-refractivity contribution is 0.0487. The molecule has 0 fully saturated rings. The first-order chi connectivity index (χ1) is 12.9. The molecule has 0 saturated carbocycles. The van der Waals surface area contributed by atoms with E-state index in [9.17, 15) is 19.8 Å². The molecule has 2 N–H and O–H groups in total. The van der Waals surface area contributed by atoms with E-state index in [0.717, 1.165) is 11.1 Å². The molecule has 28 heavy (non-hydrogen) atoms. The average Bonchev–Trinajstić information content (AvgIpc) is 2.64. The Morgan fingerprint density at radius 2 is 1.11 bits per heavy atom. The monoisotopic (exact) mass is 384 g/mol. The van der Waals surface area contributed by atoms with Crippen LogP contribution < -0.4 is 0 Å². The quantitative estimate of drug-likeness (QED) is 0.678. The van der Waals surface area contributed by atoms with Crippen molar-refractivity contribution in [3.05, 3.63) is 70.8 Å². The molecule has 2 aromatic rings. The van der Waals surface area contributed by atoms with Gasteiger partial charge in [0.05, 0.1) is 0 Å². The zero-order chi connectivity index (χ0) is 21.1. The van der Waals surface area contributed by atoms with E-state index < -0.39 is 11.2 Å². The van der Waals surface area contributed by atoms with Crippen molar-refractivity contribution in [2.45, 2.75) is 51.9 Å². The Morgan fingerprint density at radius 1 is 0.786 bits per heavy atom. The number of ether oxygens (including phenoxy) is 1. The Labute approximate surface area is 166 Å². The molecule has 0 amide bonds. The molecule has 0 aliphatic carbocycles. The minimum atomic E-state index is -1.43. The summed E-state index contributed by atoms with van der Waals surface area (Å²) in [5.74, 6) is -0.692. The molecule has 0 unspecified atom stereocenters. The second-order valence-electron chi connectivity index (χ2n) is 7.86. The average molecular weight is 384 g/mol. The van der Waals surface area contributed by atoms with Crippen molar-refractivity contribution >= 4 is 11.6 Å². The highest BCUT2D eigenvalue weighted by atomic mass is 16.5. The Hall–Kier alpha value is -2.34. The van der Waals surface area contributed by atoms with Gasteiger partial charge in [0.2, 0.25) is 0 Å². The smallest absolute Gasteiger partial charge is 0.193 e. The van der Waals surface area contributed by atoms with Gasteiger partial charge in [0.25, 0.3) is 0 Å². The summed E-state index contributed by atoms with van der Waals surface area (Å²) >= 11 is 0. The summed E-state index contributed by atoms with van der Waals surface area (Å²) < 4.78 is 5.88. The van der Waals surface area contributed by atoms with Crippen LogP contribution in [0.25, 0.3) is 0 Å². The topological polar surface area (TPSA) is 83.8 Å². The van der Waals surface area contributed by atoms with Crippen LogP contribution in [0.4, 0.5) is 0 Å². The number of carbonyl (C=O) groups is 2. The lowest BCUT2D eigenvalue weighted by Crippen LogP contribution is -2.31. The molecule has 5 nitrogen and oxygen atoms in total. The fraction of sp³-hybridized carbons (Fsp3) is 0.391. The molecule has 2 rings (SSSR count). The van der Waals surface area contributed by atoms with E-state index in [-0.39, 0.29) is 17.7 Å². The Balaban J connectivity index is 2.30. The van der Waals surface area contributed by atoms with Crippen LogP contribution in [-0.4, -0.2) is 39.6 Å².